The first kappa shape index (κ1) is 23.7. The summed E-state index contributed by atoms with van der Waals surface area (Å²) in [6, 6.07) is 13.1. The van der Waals surface area contributed by atoms with Gasteiger partial charge in [0.25, 0.3) is 5.91 Å². The van der Waals surface area contributed by atoms with E-state index in [1.807, 2.05) is 24.3 Å². The lowest BCUT2D eigenvalue weighted by atomic mass is 10.1. The predicted molar refractivity (Wildman–Crippen MR) is 119 cm³/mol. The Kier molecular flexibility index (Phi) is 8.24. The Morgan fingerprint density at radius 2 is 1.62 bits per heavy atom. The van der Waals surface area contributed by atoms with Gasteiger partial charge in [0.15, 0.2) is 6.61 Å². The number of sulfonamides is 1. The van der Waals surface area contributed by atoms with E-state index in [0.29, 0.717) is 26.1 Å². The van der Waals surface area contributed by atoms with Gasteiger partial charge in [-0.05, 0) is 61.2 Å². The van der Waals surface area contributed by atoms with Crippen molar-refractivity contribution in [3.05, 3.63) is 59.7 Å². The number of rotatable bonds is 9. The number of piperidine rings is 1. The Bertz CT molecular complexity index is 1010. The van der Waals surface area contributed by atoms with Crippen molar-refractivity contribution in [2.24, 2.45) is 0 Å². The van der Waals surface area contributed by atoms with Crippen LogP contribution in [0.25, 0.3) is 0 Å². The Morgan fingerprint density at radius 3 is 2.25 bits per heavy atom. The van der Waals surface area contributed by atoms with E-state index in [4.69, 9.17) is 9.47 Å². The van der Waals surface area contributed by atoms with E-state index in [0.717, 1.165) is 30.6 Å². The summed E-state index contributed by atoms with van der Waals surface area (Å²) in [6.07, 6.45) is 3.38. The van der Waals surface area contributed by atoms with Crippen LogP contribution in [0.2, 0.25) is 0 Å². The minimum atomic E-state index is -3.56. The first-order valence-corrected chi connectivity index (χ1v) is 12.0. The van der Waals surface area contributed by atoms with Gasteiger partial charge in [-0.1, -0.05) is 18.6 Å². The molecule has 1 aliphatic rings. The number of carbonyl (C=O) groups is 2. The molecule has 1 aliphatic heterocycles. The molecule has 2 aromatic rings. The van der Waals surface area contributed by atoms with Gasteiger partial charge in [-0.3, -0.25) is 4.79 Å². The molecule has 0 aromatic heterocycles. The monoisotopic (exact) mass is 460 g/mol. The highest BCUT2D eigenvalue weighted by molar-refractivity contribution is 7.89. The third-order valence-electron chi connectivity index (χ3n) is 5.27. The van der Waals surface area contributed by atoms with Crippen LogP contribution in [0.5, 0.6) is 5.75 Å². The summed E-state index contributed by atoms with van der Waals surface area (Å²) >= 11 is 0. The van der Waals surface area contributed by atoms with Crippen LogP contribution >= 0.6 is 0 Å². The molecule has 1 fully saturated rings. The Balaban J connectivity index is 1.44. The quantitative estimate of drug-likeness (QED) is 0.577. The zero-order valence-corrected chi connectivity index (χ0v) is 18.9. The Labute approximate surface area is 188 Å². The van der Waals surface area contributed by atoms with E-state index >= 15 is 0 Å². The number of amides is 1. The first-order valence-electron chi connectivity index (χ1n) is 10.6. The summed E-state index contributed by atoms with van der Waals surface area (Å²) in [5.41, 5.74) is 1.23. The molecule has 1 saturated heterocycles. The standard InChI is InChI=1S/C23H28N2O6S/c1-30-20-9-5-18(6-10-20)13-14-24-22(26)17-31-23(27)19-7-11-21(12-8-19)32(28,29)25-15-3-2-4-16-25/h5-12H,2-4,13-17H2,1H3,(H,24,26). The highest BCUT2D eigenvalue weighted by atomic mass is 32.2. The van der Waals surface area contributed by atoms with Crippen molar-refractivity contribution in [1.82, 2.24) is 9.62 Å². The Hall–Kier alpha value is -2.91. The fourth-order valence-electron chi connectivity index (χ4n) is 3.42. The van der Waals surface area contributed by atoms with Crippen molar-refractivity contribution in [3.63, 3.8) is 0 Å². The third kappa shape index (κ3) is 6.30. The fourth-order valence-corrected chi connectivity index (χ4v) is 4.94. The first-order chi connectivity index (χ1) is 15.4. The predicted octanol–water partition coefficient (Wildman–Crippen LogP) is 2.39. The van der Waals surface area contributed by atoms with Gasteiger partial charge in [0.1, 0.15) is 5.75 Å². The summed E-state index contributed by atoms with van der Waals surface area (Å²) < 4.78 is 37.0. The third-order valence-corrected chi connectivity index (χ3v) is 7.18. The van der Waals surface area contributed by atoms with Gasteiger partial charge in [-0.2, -0.15) is 4.31 Å². The minimum absolute atomic E-state index is 0.146. The number of benzene rings is 2. The fraction of sp³-hybridized carbons (Fsp3) is 0.391. The largest absolute Gasteiger partial charge is 0.497 e. The van der Waals surface area contributed by atoms with E-state index in [1.54, 1.807) is 7.11 Å². The molecular weight excluding hydrogens is 432 g/mol. The second-order valence-corrected chi connectivity index (χ2v) is 9.45. The second kappa shape index (κ2) is 11.1. The van der Waals surface area contributed by atoms with Gasteiger partial charge >= 0.3 is 5.97 Å². The van der Waals surface area contributed by atoms with Crippen molar-refractivity contribution in [3.8, 4) is 5.75 Å². The summed E-state index contributed by atoms with van der Waals surface area (Å²) in [4.78, 5) is 24.3. The number of hydrogen-bond donors (Lipinski definition) is 1. The van der Waals surface area contributed by atoms with Gasteiger partial charge in [0, 0.05) is 19.6 Å². The number of carbonyl (C=O) groups excluding carboxylic acids is 2. The smallest absolute Gasteiger partial charge is 0.338 e. The molecule has 1 heterocycles. The van der Waals surface area contributed by atoms with Gasteiger partial charge in [-0.15, -0.1) is 0 Å². The normalized spacial score (nSPS) is 14.5. The zero-order chi connectivity index (χ0) is 23.0. The van der Waals surface area contributed by atoms with Gasteiger partial charge in [0.05, 0.1) is 17.6 Å². The lowest BCUT2D eigenvalue weighted by molar-refractivity contribution is -0.124. The lowest BCUT2D eigenvalue weighted by Crippen LogP contribution is -2.35. The maximum absolute atomic E-state index is 12.7. The average Bonchev–Trinajstić information content (AvgIpc) is 2.83. The van der Waals surface area contributed by atoms with Crippen LogP contribution in [0.1, 0.15) is 35.2 Å². The van der Waals surface area contributed by atoms with E-state index in [1.165, 1.54) is 28.6 Å². The maximum Gasteiger partial charge on any atom is 0.338 e. The molecular formula is C23H28N2O6S. The molecule has 172 valence electrons. The highest BCUT2D eigenvalue weighted by Gasteiger charge is 2.26. The summed E-state index contributed by atoms with van der Waals surface area (Å²) in [7, 11) is -1.96. The van der Waals surface area contributed by atoms with Crippen molar-refractivity contribution >= 4 is 21.9 Å². The molecule has 2 aromatic carbocycles. The van der Waals surface area contributed by atoms with E-state index in [9.17, 15) is 18.0 Å². The molecule has 0 spiro atoms. The van der Waals surface area contributed by atoms with Crippen LogP contribution in [0.15, 0.2) is 53.4 Å². The Morgan fingerprint density at radius 1 is 0.969 bits per heavy atom. The van der Waals surface area contributed by atoms with Crippen LogP contribution < -0.4 is 10.1 Å². The molecule has 9 heteroatoms. The molecule has 1 amide bonds. The van der Waals surface area contributed by atoms with E-state index < -0.39 is 28.5 Å². The number of nitrogens with zero attached hydrogens (tertiary/aromatic N) is 1. The summed E-state index contributed by atoms with van der Waals surface area (Å²) in [5.74, 6) is -0.324. The van der Waals surface area contributed by atoms with Crippen molar-refractivity contribution in [2.75, 3.05) is 33.4 Å². The van der Waals surface area contributed by atoms with Crippen LogP contribution in [-0.4, -0.2) is 58.0 Å². The highest BCUT2D eigenvalue weighted by Crippen LogP contribution is 2.21. The van der Waals surface area contributed by atoms with Crippen LogP contribution in [0, 0.1) is 0 Å². The van der Waals surface area contributed by atoms with E-state index in [2.05, 4.69) is 5.32 Å². The van der Waals surface area contributed by atoms with Gasteiger partial charge < -0.3 is 14.8 Å². The second-order valence-electron chi connectivity index (χ2n) is 7.51. The number of hydrogen-bond acceptors (Lipinski definition) is 6. The summed E-state index contributed by atoms with van der Waals surface area (Å²) in [5, 5.41) is 2.70. The zero-order valence-electron chi connectivity index (χ0n) is 18.1. The molecule has 1 N–H and O–H groups in total. The van der Waals surface area contributed by atoms with Crippen LogP contribution in [0.4, 0.5) is 0 Å². The van der Waals surface area contributed by atoms with Crippen molar-refractivity contribution < 1.29 is 27.5 Å². The molecule has 0 saturated carbocycles. The minimum Gasteiger partial charge on any atom is -0.497 e. The topological polar surface area (TPSA) is 102 Å². The molecule has 8 nitrogen and oxygen atoms in total. The number of nitrogens with one attached hydrogen (secondary N) is 1. The molecule has 32 heavy (non-hydrogen) atoms. The van der Waals surface area contributed by atoms with Gasteiger partial charge in [0.2, 0.25) is 10.0 Å². The van der Waals surface area contributed by atoms with Gasteiger partial charge in [-0.25, -0.2) is 13.2 Å². The molecule has 0 atom stereocenters. The molecule has 0 radical (unpaired) electrons. The number of methoxy groups -OCH3 is 1. The number of esters is 1. The maximum atomic E-state index is 12.7. The molecule has 0 bridgehead atoms. The van der Waals surface area contributed by atoms with Crippen LogP contribution in [0.3, 0.4) is 0 Å². The SMILES string of the molecule is COc1ccc(CCNC(=O)COC(=O)c2ccc(S(=O)(=O)N3CCCCC3)cc2)cc1. The lowest BCUT2D eigenvalue weighted by Gasteiger charge is -2.25. The average molecular weight is 461 g/mol. The molecule has 0 unspecified atom stereocenters. The molecule has 0 aliphatic carbocycles. The van der Waals surface area contributed by atoms with Crippen LogP contribution in [-0.2, 0) is 26.0 Å². The van der Waals surface area contributed by atoms with Crippen molar-refractivity contribution in [2.45, 2.75) is 30.6 Å². The molecule has 3 rings (SSSR count). The number of ether oxygens (including phenoxy) is 2. The van der Waals surface area contributed by atoms with Crippen molar-refractivity contribution in [1.29, 1.82) is 0 Å². The van der Waals surface area contributed by atoms with E-state index in [-0.39, 0.29) is 10.5 Å². The summed E-state index contributed by atoms with van der Waals surface area (Å²) in [6.45, 7) is 1.03.